The molecule has 2 nitrogen and oxygen atoms in total. The van der Waals surface area contributed by atoms with Gasteiger partial charge in [-0.3, -0.25) is 10.1 Å². The first-order chi connectivity index (χ1) is 7.79. The first-order valence-electron chi connectivity index (χ1n) is 5.68. The minimum absolute atomic E-state index is 0.0184. The van der Waals surface area contributed by atoms with E-state index in [2.05, 4.69) is 11.9 Å². The van der Waals surface area contributed by atoms with Gasteiger partial charge in [0.15, 0.2) is 0 Å². The van der Waals surface area contributed by atoms with Gasteiger partial charge in [0.1, 0.15) is 0 Å². The fraction of sp³-hybridized carbons (Fsp3) is 0.357. The molecular formula is C14H16NO. The van der Waals surface area contributed by atoms with Crippen LogP contribution < -0.4 is 5.32 Å². The van der Waals surface area contributed by atoms with Crippen molar-refractivity contribution in [3.8, 4) is 0 Å². The van der Waals surface area contributed by atoms with Gasteiger partial charge in [-0.15, -0.1) is 6.58 Å². The van der Waals surface area contributed by atoms with Crippen LogP contribution in [0.25, 0.3) is 0 Å². The summed E-state index contributed by atoms with van der Waals surface area (Å²) in [5, 5.41) is 4.09. The van der Waals surface area contributed by atoms with E-state index in [1.165, 1.54) is 0 Å². The van der Waals surface area contributed by atoms with Crippen LogP contribution in [0.15, 0.2) is 43.0 Å². The number of amides is 1. The van der Waals surface area contributed by atoms with Crippen LogP contribution in [0, 0.1) is 0 Å². The van der Waals surface area contributed by atoms with Gasteiger partial charge in [-0.1, -0.05) is 36.4 Å². The summed E-state index contributed by atoms with van der Waals surface area (Å²) in [5.41, 5.74) is 0.629. The number of nitrogens with zero attached hydrogens (tertiary/aromatic N) is 1. The molecule has 0 saturated carbocycles. The fourth-order valence-electron chi connectivity index (χ4n) is 2.40. The Balaban J connectivity index is 2.41. The fourth-order valence-corrected chi connectivity index (χ4v) is 2.40. The maximum Gasteiger partial charge on any atom is 0.252 e. The van der Waals surface area contributed by atoms with Crippen LogP contribution in [0.3, 0.4) is 0 Å². The van der Waals surface area contributed by atoms with Gasteiger partial charge in [-0.2, -0.15) is 0 Å². The molecule has 1 aliphatic rings. The number of carbonyl (C=O) groups excluding carboxylic acids is 1. The molecule has 1 aromatic carbocycles. The minimum atomic E-state index is -0.443. The standard InChI is InChI=1S/C14H16NO/c1-2-9-14(10-6-11-15-13(14)16)12-7-4-3-5-8-12/h2-5,7-8H,1,6,9-11H2. The quantitative estimate of drug-likeness (QED) is 0.711. The highest BCUT2D eigenvalue weighted by Gasteiger charge is 2.41. The molecule has 0 aliphatic carbocycles. The summed E-state index contributed by atoms with van der Waals surface area (Å²) in [7, 11) is 0. The SMILES string of the molecule is C=CCC1(c2ccccc2)CCC[N]C1=O. The second-order valence-corrected chi connectivity index (χ2v) is 4.23. The molecule has 1 radical (unpaired) electrons. The summed E-state index contributed by atoms with van der Waals surface area (Å²) in [6, 6.07) is 9.95. The summed E-state index contributed by atoms with van der Waals surface area (Å²) in [6.07, 6.45) is 4.37. The molecule has 1 atom stereocenters. The van der Waals surface area contributed by atoms with Crippen molar-refractivity contribution in [2.75, 3.05) is 6.54 Å². The summed E-state index contributed by atoms with van der Waals surface area (Å²) >= 11 is 0. The van der Waals surface area contributed by atoms with Crippen molar-refractivity contribution in [3.05, 3.63) is 48.6 Å². The van der Waals surface area contributed by atoms with Gasteiger partial charge in [0, 0.05) is 6.54 Å². The molecule has 16 heavy (non-hydrogen) atoms. The third-order valence-electron chi connectivity index (χ3n) is 3.25. The molecule has 83 valence electrons. The molecule has 0 bridgehead atoms. The van der Waals surface area contributed by atoms with Gasteiger partial charge < -0.3 is 0 Å². The van der Waals surface area contributed by atoms with Crippen LogP contribution in [0.1, 0.15) is 24.8 Å². The Bertz CT molecular complexity index is 385. The zero-order valence-corrected chi connectivity index (χ0v) is 9.36. The Labute approximate surface area is 96.4 Å². The predicted molar refractivity (Wildman–Crippen MR) is 64.2 cm³/mol. The third-order valence-corrected chi connectivity index (χ3v) is 3.25. The van der Waals surface area contributed by atoms with Gasteiger partial charge in [0.2, 0.25) is 0 Å². The first-order valence-corrected chi connectivity index (χ1v) is 5.68. The summed E-state index contributed by atoms with van der Waals surface area (Å²) in [5.74, 6) is 0.0184. The lowest BCUT2D eigenvalue weighted by Gasteiger charge is -2.34. The Hall–Kier alpha value is -1.57. The summed E-state index contributed by atoms with van der Waals surface area (Å²) < 4.78 is 0. The number of benzene rings is 1. The molecule has 1 fully saturated rings. The highest BCUT2D eigenvalue weighted by molar-refractivity contribution is 5.88. The van der Waals surface area contributed by atoms with Crippen molar-refractivity contribution in [3.63, 3.8) is 0 Å². The van der Waals surface area contributed by atoms with Gasteiger partial charge in [0.05, 0.1) is 5.41 Å². The molecule has 2 rings (SSSR count). The van der Waals surface area contributed by atoms with E-state index in [-0.39, 0.29) is 5.91 Å². The van der Waals surface area contributed by atoms with Crippen molar-refractivity contribution in [2.24, 2.45) is 0 Å². The number of hydrogen-bond acceptors (Lipinski definition) is 1. The predicted octanol–water partition coefficient (Wildman–Crippen LogP) is 2.43. The van der Waals surface area contributed by atoms with Crippen molar-refractivity contribution >= 4 is 5.91 Å². The molecule has 2 heteroatoms. The average molecular weight is 214 g/mol. The van der Waals surface area contributed by atoms with E-state index in [9.17, 15) is 4.79 Å². The van der Waals surface area contributed by atoms with Crippen molar-refractivity contribution in [1.82, 2.24) is 5.32 Å². The second-order valence-electron chi connectivity index (χ2n) is 4.23. The average Bonchev–Trinajstić information content (AvgIpc) is 2.34. The zero-order chi connectivity index (χ0) is 11.4. The summed E-state index contributed by atoms with van der Waals surface area (Å²) in [4.78, 5) is 12.1. The topological polar surface area (TPSA) is 31.2 Å². The van der Waals surface area contributed by atoms with Crippen LogP contribution in [-0.2, 0) is 10.2 Å². The second kappa shape index (κ2) is 4.52. The van der Waals surface area contributed by atoms with Crippen LogP contribution >= 0.6 is 0 Å². The van der Waals surface area contributed by atoms with Gasteiger partial charge >= 0.3 is 0 Å². The molecule has 1 unspecified atom stereocenters. The van der Waals surface area contributed by atoms with Crippen LogP contribution in [0.5, 0.6) is 0 Å². The lowest BCUT2D eigenvalue weighted by atomic mass is 9.71. The van der Waals surface area contributed by atoms with E-state index in [1.807, 2.05) is 36.4 Å². The molecule has 0 N–H and O–H groups in total. The van der Waals surface area contributed by atoms with Crippen LogP contribution in [-0.4, -0.2) is 12.5 Å². The number of carbonyl (C=O) groups is 1. The number of allylic oxidation sites excluding steroid dienone is 1. The smallest absolute Gasteiger partial charge is 0.252 e. The molecule has 0 spiro atoms. The first kappa shape index (κ1) is 10.9. The van der Waals surface area contributed by atoms with Crippen molar-refractivity contribution in [2.45, 2.75) is 24.7 Å². The third kappa shape index (κ3) is 1.75. The highest BCUT2D eigenvalue weighted by Crippen LogP contribution is 2.36. The van der Waals surface area contributed by atoms with E-state index in [0.717, 1.165) is 18.4 Å². The molecule has 0 aromatic heterocycles. The lowest BCUT2D eigenvalue weighted by molar-refractivity contribution is -0.129. The van der Waals surface area contributed by atoms with Crippen molar-refractivity contribution in [1.29, 1.82) is 0 Å². The minimum Gasteiger partial charge on any atom is -0.272 e. The zero-order valence-electron chi connectivity index (χ0n) is 9.36. The number of piperidine rings is 1. The largest absolute Gasteiger partial charge is 0.272 e. The van der Waals surface area contributed by atoms with Gasteiger partial charge in [-0.25, -0.2) is 0 Å². The Morgan fingerprint density at radius 1 is 1.38 bits per heavy atom. The Kier molecular flexibility index (Phi) is 3.09. The van der Waals surface area contributed by atoms with Crippen molar-refractivity contribution < 1.29 is 4.79 Å². The molecule has 1 heterocycles. The van der Waals surface area contributed by atoms with E-state index >= 15 is 0 Å². The van der Waals surface area contributed by atoms with E-state index in [1.54, 1.807) is 0 Å². The normalized spacial score (nSPS) is 24.9. The Morgan fingerprint density at radius 2 is 2.12 bits per heavy atom. The van der Waals surface area contributed by atoms with E-state index in [4.69, 9.17) is 0 Å². The maximum atomic E-state index is 12.1. The summed E-state index contributed by atoms with van der Waals surface area (Å²) in [6.45, 7) is 4.44. The number of rotatable bonds is 3. The van der Waals surface area contributed by atoms with Gasteiger partial charge in [-0.05, 0) is 24.8 Å². The molecule has 1 aliphatic heterocycles. The van der Waals surface area contributed by atoms with E-state index < -0.39 is 5.41 Å². The highest BCUT2D eigenvalue weighted by atomic mass is 16.2. The van der Waals surface area contributed by atoms with Crippen LogP contribution in [0.4, 0.5) is 0 Å². The van der Waals surface area contributed by atoms with Gasteiger partial charge in [0.25, 0.3) is 5.91 Å². The maximum absolute atomic E-state index is 12.1. The lowest BCUT2D eigenvalue weighted by Crippen LogP contribution is -2.45. The molecular weight excluding hydrogens is 198 g/mol. The Morgan fingerprint density at radius 3 is 2.75 bits per heavy atom. The molecule has 1 amide bonds. The molecule has 1 saturated heterocycles. The monoisotopic (exact) mass is 214 g/mol. The van der Waals surface area contributed by atoms with E-state index in [0.29, 0.717) is 13.0 Å². The number of hydrogen-bond donors (Lipinski definition) is 0. The molecule has 1 aromatic rings. The van der Waals surface area contributed by atoms with Crippen LogP contribution in [0.2, 0.25) is 0 Å².